The Balaban J connectivity index is 1.61. The highest BCUT2D eigenvalue weighted by atomic mass is 35.5. The Morgan fingerprint density at radius 2 is 1.32 bits per heavy atom. The summed E-state index contributed by atoms with van der Waals surface area (Å²) in [4.78, 5) is 11.8. The van der Waals surface area contributed by atoms with Crippen LogP contribution in [0.2, 0.25) is 10.0 Å². The fourth-order valence-electron chi connectivity index (χ4n) is 2.17. The van der Waals surface area contributed by atoms with Gasteiger partial charge < -0.3 is 5.32 Å². The first-order valence-electron chi connectivity index (χ1n) is 7.39. The van der Waals surface area contributed by atoms with E-state index in [9.17, 15) is 4.79 Å². The van der Waals surface area contributed by atoms with Gasteiger partial charge in [-0.15, -0.1) is 0 Å². The zero-order valence-electron chi connectivity index (χ0n) is 12.3. The lowest BCUT2D eigenvalue weighted by Gasteiger charge is -2.06. The minimum Gasteiger partial charge on any atom is -0.356 e. The molecule has 0 aromatic heterocycles. The van der Waals surface area contributed by atoms with Gasteiger partial charge in [0, 0.05) is 23.0 Å². The predicted molar refractivity (Wildman–Crippen MR) is 92.6 cm³/mol. The van der Waals surface area contributed by atoms with Gasteiger partial charge in [-0.1, -0.05) is 47.5 Å². The largest absolute Gasteiger partial charge is 0.356 e. The van der Waals surface area contributed by atoms with E-state index in [1.54, 1.807) is 0 Å². The maximum Gasteiger partial charge on any atom is 0.220 e. The number of benzene rings is 2. The molecule has 0 aliphatic rings. The summed E-state index contributed by atoms with van der Waals surface area (Å²) in [6, 6.07) is 15.4. The van der Waals surface area contributed by atoms with E-state index in [0.29, 0.717) is 13.0 Å². The van der Waals surface area contributed by atoms with E-state index < -0.39 is 0 Å². The van der Waals surface area contributed by atoms with Crippen LogP contribution in [0.5, 0.6) is 0 Å². The Bertz CT molecular complexity index is 593. The molecule has 0 atom stereocenters. The molecule has 0 heterocycles. The van der Waals surface area contributed by atoms with Crippen molar-refractivity contribution in [2.24, 2.45) is 0 Å². The van der Waals surface area contributed by atoms with Gasteiger partial charge in [0.25, 0.3) is 0 Å². The summed E-state index contributed by atoms with van der Waals surface area (Å²) in [5.74, 6) is 0.0889. The van der Waals surface area contributed by atoms with Crippen LogP contribution >= 0.6 is 23.2 Å². The van der Waals surface area contributed by atoms with Crippen LogP contribution in [0.4, 0.5) is 0 Å². The zero-order valence-corrected chi connectivity index (χ0v) is 13.8. The Kier molecular flexibility index (Phi) is 6.75. The average molecular weight is 336 g/mol. The van der Waals surface area contributed by atoms with Gasteiger partial charge in [-0.05, 0) is 54.7 Å². The van der Waals surface area contributed by atoms with Crippen LogP contribution in [0.25, 0.3) is 0 Å². The molecule has 1 amide bonds. The molecule has 0 saturated carbocycles. The smallest absolute Gasteiger partial charge is 0.220 e. The number of carbonyl (C=O) groups is 1. The van der Waals surface area contributed by atoms with Crippen LogP contribution in [-0.2, 0) is 17.6 Å². The molecule has 2 aromatic rings. The molecular formula is C18H19Cl2NO. The van der Waals surface area contributed by atoms with Crippen molar-refractivity contribution in [2.45, 2.75) is 25.7 Å². The summed E-state index contributed by atoms with van der Waals surface area (Å²) in [6.45, 7) is 0.697. The van der Waals surface area contributed by atoms with Crippen molar-refractivity contribution in [3.8, 4) is 0 Å². The normalized spacial score (nSPS) is 10.5. The first-order chi connectivity index (χ1) is 10.6. The molecule has 116 valence electrons. The molecule has 0 aliphatic heterocycles. The molecule has 0 fully saturated rings. The number of aryl methyl sites for hydroxylation is 2. The lowest BCUT2D eigenvalue weighted by Crippen LogP contribution is -2.24. The molecule has 0 unspecified atom stereocenters. The maximum atomic E-state index is 11.8. The number of hydrogen-bond donors (Lipinski definition) is 1. The molecule has 1 N–H and O–H groups in total. The molecule has 4 heteroatoms. The van der Waals surface area contributed by atoms with E-state index in [0.717, 1.165) is 34.9 Å². The number of amides is 1. The molecule has 2 nitrogen and oxygen atoms in total. The van der Waals surface area contributed by atoms with Gasteiger partial charge in [-0.2, -0.15) is 0 Å². The van der Waals surface area contributed by atoms with Gasteiger partial charge in [0.05, 0.1) is 0 Å². The Labute approximate surface area is 141 Å². The van der Waals surface area contributed by atoms with Crippen molar-refractivity contribution in [3.63, 3.8) is 0 Å². The Morgan fingerprint density at radius 1 is 0.818 bits per heavy atom. The zero-order chi connectivity index (χ0) is 15.8. The number of hydrogen-bond acceptors (Lipinski definition) is 1. The second-order valence-electron chi connectivity index (χ2n) is 5.21. The molecule has 22 heavy (non-hydrogen) atoms. The average Bonchev–Trinajstić information content (AvgIpc) is 2.53. The van der Waals surface area contributed by atoms with Crippen molar-refractivity contribution in [1.82, 2.24) is 5.32 Å². The van der Waals surface area contributed by atoms with Crippen LogP contribution in [0.1, 0.15) is 24.0 Å². The summed E-state index contributed by atoms with van der Waals surface area (Å²) in [5, 5.41) is 4.42. The van der Waals surface area contributed by atoms with Gasteiger partial charge in [-0.25, -0.2) is 0 Å². The molecule has 0 bridgehead atoms. The summed E-state index contributed by atoms with van der Waals surface area (Å²) in [7, 11) is 0. The third kappa shape index (κ3) is 6.08. The fraction of sp³-hybridized carbons (Fsp3) is 0.278. The molecule has 2 aromatic carbocycles. The van der Waals surface area contributed by atoms with E-state index in [1.165, 1.54) is 5.56 Å². The van der Waals surface area contributed by atoms with Gasteiger partial charge >= 0.3 is 0 Å². The quantitative estimate of drug-likeness (QED) is 0.731. The monoisotopic (exact) mass is 335 g/mol. The van der Waals surface area contributed by atoms with Crippen LogP contribution in [0.3, 0.4) is 0 Å². The Morgan fingerprint density at radius 3 is 1.86 bits per heavy atom. The highest BCUT2D eigenvalue weighted by Gasteiger charge is 2.02. The predicted octanol–water partition coefficient (Wildman–Crippen LogP) is 4.68. The Hall–Kier alpha value is -1.51. The number of halogens is 2. The number of rotatable bonds is 7. The fourth-order valence-corrected chi connectivity index (χ4v) is 2.42. The second kappa shape index (κ2) is 8.82. The summed E-state index contributed by atoms with van der Waals surface area (Å²) in [6.07, 6.45) is 3.10. The van der Waals surface area contributed by atoms with Gasteiger partial charge in [0.15, 0.2) is 0 Å². The minimum atomic E-state index is 0.0889. The van der Waals surface area contributed by atoms with Gasteiger partial charge in [0.2, 0.25) is 5.91 Å². The summed E-state index contributed by atoms with van der Waals surface area (Å²) in [5.41, 5.74) is 2.36. The summed E-state index contributed by atoms with van der Waals surface area (Å²) < 4.78 is 0. The third-order valence-electron chi connectivity index (χ3n) is 3.43. The highest BCUT2D eigenvalue weighted by molar-refractivity contribution is 6.30. The van der Waals surface area contributed by atoms with Crippen molar-refractivity contribution >= 4 is 29.1 Å². The molecule has 0 aliphatic carbocycles. The van der Waals surface area contributed by atoms with Crippen molar-refractivity contribution in [3.05, 3.63) is 69.7 Å². The molecule has 0 radical (unpaired) electrons. The van der Waals surface area contributed by atoms with Crippen LogP contribution in [0.15, 0.2) is 48.5 Å². The second-order valence-corrected chi connectivity index (χ2v) is 6.08. The van der Waals surface area contributed by atoms with Crippen molar-refractivity contribution in [1.29, 1.82) is 0 Å². The van der Waals surface area contributed by atoms with E-state index in [-0.39, 0.29) is 5.91 Å². The summed E-state index contributed by atoms with van der Waals surface area (Å²) >= 11 is 11.7. The van der Waals surface area contributed by atoms with Crippen LogP contribution in [0, 0.1) is 0 Å². The lowest BCUT2D eigenvalue weighted by atomic mass is 10.1. The van der Waals surface area contributed by atoms with Crippen molar-refractivity contribution in [2.75, 3.05) is 6.54 Å². The third-order valence-corrected chi connectivity index (χ3v) is 3.94. The van der Waals surface area contributed by atoms with E-state index >= 15 is 0 Å². The number of nitrogens with one attached hydrogen (secondary N) is 1. The maximum absolute atomic E-state index is 11.8. The molecular weight excluding hydrogens is 317 g/mol. The first kappa shape index (κ1) is 16.9. The topological polar surface area (TPSA) is 29.1 Å². The van der Waals surface area contributed by atoms with Crippen LogP contribution in [-0.4, -0.2) is 12.5 Å². The van der Waals surface area contributed by atoms with Crippen molar-refractivity contribution < 1.29 is 4.79 Å². The lowest BCUT2D eigenvalue weighted by molar-refractivity contribution is -0.121. The van der Waals surface area contributed by atoms with Gasteiger partial charge in [0.1, 0.15) is 0 Å². The first-order valence-corrected chi connectivity index (χ1v) is 8.14. The number of carbonyl (C=O) groups excluding carboxylic acids is 1. The van der Waals surface area contributed by atoms with E-state index in [1.807, 2.05) is 48.5 Å². The SMILES string of the molecule is O=C(CCc1ccc(Cl)cc1)NCCCc1ccc(Cl)cc1. The molecule has 0 saturated heterocycles. The van der Waals surface area contributed by atoms with E-state index in [4.69, 9.17) is 23.2 Å². The van der Waals surface area contributed by atoms with Crippen LogP contribution < -0.4 is 5.32 Å². The van der Waals surface area contributed by atoms with E-state index in [2.05, 4.69) is 5.32 Å². The molecule has 0 spiro atoms. The minimum absolute atomic E-state index is 0.0889. The van der Waals surface area contributed by atoms with Gasteiger partial charge in [-0.3, -0.25) is 4.79 Å². The molecule has 2 rings (SSSR count). The highest BCUT2D eigenvalue weighted by Crippen LogP contribution is 2.11. The standard InChI is InChI=1S/C18H19Cl2NO/c19-16-8-3-14(4-9-16)2-1-13-21-18(22)12-7-15-5-10-17(20)11-6-15/h3-6,8-11H,1-2,7,12-13H2,(H,21,22).